The molecule has 2 rings (SSSR count). The minimum Gasteiger partial charge on any atom is -0.497 e. The number of rotatable bonds is 4. The smallest absolute Gasteiger partial charge is 0.118 e. The third kappa shape index (κ3) is 3.58. The molecule has 0 aliphatic heterocycles. The Morgan fingerprint density at radius 3 is 2.47 bits per heavy atom. The molecule has 2 N–H and O–H groups in total. The molecule has 1 atom stereocenters. The van der Waals surface area contributed by atoms with Crippen molar-refractivity contribution in [3.63, 3.8) is 0 Å². The monoisotopic (exact) mass is 339 g/mol. The van der Waals surface area contributed by atoms with Gasteiger partial charge in [0.2, 0.25) is 0 Å². The maximum Gasteiger partial charge on any atom is 0.118 e. The minimum absolute atomic E-state index is 0.448. The number of anilines is 1. The van der Waals surface area contributed by atoms with Crippen LogP contribution < -0.4 is 10.5 Å². The Morgan fingerprint density at radius 2 is 1.89 bits per heavy atom. The Balaban J connectivity index is 2.13. The van der Waals surface area contributed by atoms with Crippen molar-refractivity contribution in [1.82, 2.24) is 0 Å². The van der Waals surface area contributed by atoms with E-state index in [2.05, 4.69) is 15.9 Å². The summed E-state index contributed by atoms with van der Waals surface area (Å²) in [5.41, 5.74) is 7.42. The van der Waals surface area contributed by atoms with Crippen LogP contribution in [-0.2, 0) is 16.6 Å². The summed E-state index contributed by atoms with van der Waals surface area (Å²) in [7, 11) is 0.522. The number of hydrogen-bond acceptors (Lipinski definition) is 3. The fourth-order valence-corrected chi connectivity index (χ4v) is 2.98. The highest BCUT2D eigenvalue weighted by Gasteiger charge is 2.07. The zero-order chi connectivity index (χ0) is 13.8. The summed E-state index contributed by atoms with van der Waals surface area (Å²) in [5, 5.41) is 0. The van der Waals surface area contributed by atoms with E-state index < -0.39 is 10.8 Å². The van der Waals surface area contributed by atoms with Crippen LogP contribution in [-0.4, -0.2) is 11.3 Å². The molecule has 0 fully saturated rings. The van der Waals surface area contributed by atoms with Crippen molar-refractivity contribution < 1.29 is 8.95 Å². The summed E-state index contributed by atoms with van der Waals surface area (Å²) >= 11 is 3.34. The molecule has 0 aliphatic rings. The summed E-state index contributed by atoms with van der Waals surface area (Å²) < 4.78 is 18.2. The first-order valence-corrected chi connectivity index (χ1v) is 7.77. The van der Waals surface area contributed by atoms with E-state index in [4.69, 9.17) is 10.5 Å². The van der Waals surface area contributed by atoms with E-state index in [0.717, 1.165) is 20.7 Å². The van der Waals surface area contributed by atoms with Gasteiger partial charge in [-0.05, 0) is 57.9 Å². The highest BCUT2D eigenvalue weighted by atomic mass is 79.9. The van der Waals surface area contributed by atoms with E-state index in [1.807, 2.05) is 42.5 Å². The highest BCUT2D eigenvalue weighted by Crippen LogP contribution is 2.22. The molecule has 0 bridgehead atoms. The molecule has 1 unspecified atom stereocenters. The Hall–Kier alpha value is -1.33. The highest BCUT2D eigenvalue weighted by molar-refractivity contribution is 9.10. The molecule has 3 nitrogen and oxygen atoms in total. The lowest BCUT2D eigenvalue weighted by molar-refractivity contribution is 0.414. The third-order valence-corrected chi connectivity index (χ3v) is 4.80. The van der Waals surface area contributed by atoms with Crippen molar-refractivity contribution in [2.24, 2.45) is 0 Å². The van der Waals surface area contributed by atoms with Gasteiger partial charge in [-0.25, -0.2) is 0 Å². The first-order valence-electron chi connectivity index (χ1n) is 5.66. The first kappa shape index (κ1) is 14.1. The lowest BCUT2D eigenvalue weighted by Crippen LogP contribution is -1.98. The van der Waals surface area contributed by atoms with Crippen LogP contribution in [0.15, 0.2) is 51.8 Å². The van der Waals surface area contributed by atoms with Crippen molar-refractivity contribution in [3.05, 3.63) is 52.5 Å². The maximum absolute atomic E-state index is 12.2. The lowest BCUT2D eigenvalue weighted by Gasteiger charge is -2.06. The van der Waals surface area contributed by atoms with Crippen molar-refractivity contribution >= 4 is 32.4 Å². The average molecular weight is 340 g/mol. The summed E-state index contributed by atoms with van der Waals surface area (Å²) in [6.07, 6.45) is 0. The number of methoxy groups -OCH3 is 1. The molecular weight excluding hydrogens is 326 g/mol. The van der Waals surface area contributed by atoms with Crippen LogP contribution >= 0.6 is 15.9 Å². The summed E-state index contributed by atoms with van der Waals surface area (Å²) in [4.78, 5) is 0.780. The van der Waals surface area contributed by atoms with Gasteiger partial charge in [0, 0.05) is 15.1 Å². The molecule has 2 aromatic rings. The van der Waals surface area contributed by atoms with Crippen LogP contribution in [0.1, 0.15) is 5.56 Å². The predicted octanol–water partition coefficient (Wildman–Crippen LogP) is 3.35. The van der Waals surface area contributed by atoms with Gasteiger partial charge in [-0.2, -0.15) is 0 Å². The molecule has 5 heteroatoms. The Morgan fingerprint density at radius 1 is 1.21 bits per heavy atom. The molecule has 0 heterocycles. The van der Waals surface area contributed by atoms with E-state index in [1.54, 1.807) is 7.11 Å². The molecular formula is C14H14BrNO2S. The third-order valence-electron chi connectivity index (χ3n) is 2.68. The summed E-state index contributed by atoms with van der Waals surface area (Å²) in [6.45, 7) is 0. The lowest BCUT2D eigenvalue weighted by atomic mass is 10.2. The van der Waals surface area contributed by atoms with Gasteiger partial charge in [0.25, 0.3) is 0 Å². The maximum atomic E-state index is 12.2. The standard InChI is InChI=1S/C14H14BrNO2S/c1-18-11-3-5-12(6-4-11)19(17)9-10-2-7-13(15)14(16)8-10/h2-8H,9,16H2,1H3. The van der Waals surface area contributed by atoms with Crippen LogP contribution in [0.4, 0.5) is 5.69 Å². The molecule has 0 radical (unpaired) electrons. The molecule has 0 saturated heterocycles. The van der Waals surface area contributed by atoms with E-state index in [1.165, 1.54) is 0 Å². The molecule has 0 aromatic heterocycles. The quantitative estimate of drug-likeness (QED) is 0.869. The van der Waals surface area contributed by atoms with Crippen LogP contribution in [0.2, 0.25) is 0 Å². The number of benzene rings is 2. The zero-order valence-corrected chi connectivity index (χ0v) is 12.8. The van der Waals surface area contributed by atoms with Crippen LogP contribution in [0.5, 0.6) is 5.75 Å². The van der Waals surface area contributed by atoms with Gasteiger partial charge >= 0.3 is 0 Å². The number of hydrogen-bond donors (Lipinski definition) is 1. The van der Waals surface area contributed by atoms with Crippen LogP contribution in [0.25, 0.3) is 0 Å². The van der Waals surface area contributed by atoms with Gasteiger partial charge in [-0.15, -0.1) is 0 Å². The number of nitrogens with two attached hydrogens (primary N) is 1. The Kier molecular flexibility index (Phi) is 4.61. The van der Waals surface area contributed by atoms with Crippen molar-refractivity contribution in [2.75, 3.05) is 12.8 Å². The van der Waals surface area contributed by atoms with Crippen LogP contribution in [0, 0.1) is 0 Å². The molecule has 100 valence electrons. The second-order valence-electron chi connectivity index (χ2n) is 4.02. The second kappa shape index (κ2) is 6.21. The molecule has 0 spiro atoms. The second-order valence-corrected chi connectivity index (χ2v) is 6.33. The molecule has 19 heavy (non-hydrogen) atoms. The number of nitrogen functional groups attached to an aromatic ring is 1. The molecule has 0 aliphatic carbocycles. The molecule has 0 amide bonds. The van der Waals surface area contributed by atoms with Gasteiger partial charge in [-0.3, -0.25) is 4.21 Å². The fourth-order valence-electron chi connectivity index (χ4n) is 1.65. The normalized spacial score (nSPS) is 12.1. The first-order chi connectivity index (χ1) is 9.10. The van der Waals surface area contributed by atoms with E-state index >= 15 is 0 Å². The topological polar surface area (TPSA) is 52.3 Å². The number of halogens is 1. The van der Waals surface area contributed by atoms with Crippen molar-refractivity contribution in [3.8, 4) is 5.75 Å². The van der Waals surface area contributed by atoms with E-state index in [-0.39, 0.29) is 0 Å². The van der Waals surface area contributed by atoms with Gasteiger partial charge in [0.15, 0.2) is 0 Å². The van der Waals surface area contributed by atoms with Gasteiger partial charge in [0.1, 0.15) is 5.75 Å². The van der Waals surface area contributed by atoms with Gasteiger partial charge in [0.05, 0.1) is 23.7 Å². The van der Waals surface area contributed by atoms with Crippen LogP contribution in [0.3, 0.4) is 0 Å². The number of ether oxygens (including phenoxy) is 1. The Bertz CT molecular complexity index is 599. The fraction of sp³-hybridized carbons (Fsp3) is 0.143. The van der Waals surface area contributed by atoms with Crippen molar-refractivity contribution in [1.29, 1.82) is 0 Å². The van der Waals surface area contributed by atoms with Crippen molar-refractivity contribution in [2.45, 2.75) is 10.6 Å². The van der Waals surface area contributed by atoms with E-state index in [9.17, 15) is 4.21 Å². The molecule has 0 saturated carbocycles. The summed E-state index contributed by atoms with van der Waals surface area (Å²) in [5.74, 6) is 1.21. The van der Waals surface area contributed by atoms with E-state index in [0.29, 0.717) is 11.4 Å². The molecule has 2 aromatic carbocycles. The zero-order valence-electron chi connectivity index (χ0n) is 10.4. The van der Waals surface area contributed by atoms with Gasteiger partial charge in [-0.1, -0.05) is 6.07 Å². The Labute approximate surface area is 123 Å². The predicted molar refractivity (Wildman–Crippen MR) is 81.7 cm³/mol. The average Bonchev–Trinajstić information content (AvgIpc) is 2.43. The summed E-state index contributed by atoms with van der Waals surface area (Å²) in [6, 6.07) is 12.9. The minimum atomic E-state index is -1.09. The van der Waals surface area contributed by atoms with Gasteiger partial charge < -0.3 is 10.5 Å². The largest absolute Gasteiger partial charge is 0.497 e. The SMILES string of the molecule is COc1ccc(S(=O)Cc2ccc(Br)c(N)c2)cc1.